The molecule has 0 bridgehead atoms. The number of hydrogen-bond acceptors (Lipinski definition) is 1. The molecular formula is C62H49N. The van der Waals surface area contributed by atoms with E-state index in [4.69, 9.17) is 0 Å². The van der Waals surface area contributed by atoms with Crippen molar-refractivity contribution in [2.24, 2.45) is 0 Å². The minimum Gasteiger partial charge on any atom is -0.310 e. The molecule has 1 aliphatic rings. The van der Waals surface area contributed by atoms with Gasteiger partial charge >= 0.3 is 0 Å². The molecule has 0 unspecified atom stereocenters. The summed E-state index contributed by atoms with van der Waals surface area (Å²) < 4.78 is 0. The van der Waals surface area contributed by atoms with Crippen molar-refractivity contribution >= 4 is 27.8 Å². The maximum absolute atomic E-state index is 2.46. The van der Waals surface area contributed by atoms with Crippen molar-refractivity contribution in [3.63, 3.8) is 0 Å². The van der Waals surface area contributed by atoms with Crippen molar-refractivity contribution in [1.82, 2.24) is 0 Å². The van der Waals surface area contributed by atoms with Crippen LogP contribution in [0.4, 0.5) is 17.1 Å². The van der Waals surface area contributed by atoms with E-state index in [2.05, 4.69) is 255 Å². The predicted octanol–water partition coefficient (Wildman–Crippen LogP) is 17.6. The normalized spacial score (nSPS) is 12.3. The van der Waals surface area contributed by atoms with E-state index in [0.717, 1.165) is 17.1 Å². The maximum Gasteiger partial charge on any atom is 0.0465 e. The number of benzene rings is 10. The highest BCUT2D eigenvalue weighted by Gasteiger charge is 2.36. The van der Waals surface area contributed by atoms with Crippen molar-refractivity contribution in [2.75, 3.05) is 4.90 Å². The van der Waals surface area contributed by atoms with E-state index in [-0.39, 0.29) is 12.8 Å². The van der Waals surface area contributed by atoms with Crippen LogP contribution >= 0.6 is 0 Å². The van der Waals surface area contributed by atoms with Gasteiger partial charge in [-0.25, -0.2) is 0 Å². The van der Waals surface area contributed by atoms with E-state index in [1.807, 2.05) is 0 Å². The van der Waals surface area contributed by atoms with Crippen molar-refractivity contribution < 1.29 is 0 Å². The van der Waals surface area contributed by atoms with Gasteiger partial charge in [0.05, 0.1) is 0 Å². The summed E-state index contributed by atoms with van der Waals surface area (Å²) in [7, 11) is 0. The molecule has 0 atom stereocenters. The lowest BCUT2D eigenvalue weighted by molar-refractivity contribution is 0.660. The van der Waals surface area contributed by atoms with Crippen LogP contribution in [0.15, 0.2) is 237 Å². The molecule has 11 rings (SSSR count). The quantitative estimate of drug-likeness (QED) is 0.148. The van der Waals surface area contributed by atoms with E-state index in [1.54, 1.807) is 0 Å². The number of fused-ring (bicyclic) bond motifs is 4. The van der Waals surface area contributed by atoms with Crippen molar-refractivity contribution in [1.29, 1.82) is 0 Å². The zero-order chi connectivity index (χ0) is 41.6. The van der Waals surface area contributed by atoms with Gasteiger partial charge in [0.1, 0.15) is 0 Å². The summed E-state index contributed by atoms with van der Waals surface area (Å²) in [5.41, 5.74) is 20.7. The van der Waals surface area contributed by atoms with Gasteiger partial charge in [0.25, 0.3) is 0 Å². The topological polar surface area (TPSA) is 3.24 Å². The van der Waals surface area contributed by atoms with E-state index in [9.17, 15) is 0 Å². The van der Waals surface area contributed by atoms with Gasteiger partial charge in [0.2, 0.25) is 0 Å². The summed E-state index contributed by atoms with van der Waals surface area (Å²) in [6, 6.07) is 86.6. The summed E-state index contributed by atoms with van der Waals surface area (Å²) in [4.78, 5) is 2.36. The van der Waals surface area contributed by atoms with Crippen molar-refractivity contribution in [3.8, 4) is 66.8 Å². The Balaban J connectivity index is 0.00000471. The van der Waals surface area contributed by atoms with Gasteiger partial charge in [-0.2, -0.15) is 0 Å². The van der Waals surface area contributed by atoms with Gasteiger partial charge in [0, 0.05) is 22.5 Å². The molecule has 302 valence electrons. The largest absolute Gasteiger partial charge is 0.310 e. The molecule has 0 aliphatic heterocycles. The van der Waals surface area contributed by atoms with Gasteiger partial charge in [0.15, 0.2) is 0 Å². The number of nitrogens with zero attached hydrogens (tertiary/aromatic N) is 1. The first-order valence-electron chi connectivity index (χ1n) is 21.6. The van der Waals surface area contributed by atoms with Crippen LogP contribution in [0.1, 0.15) is 32.4 Å². The van der Waals surface area contributed by atoms with Gasteiger partial charge in [-0.1, -0.05) is 209 Å². The molecule has 1 nitrogen and oxygen atoms in total. The van der Waals surface area contributed by atoms with Crippen LogP contribution in [0.2, 0.25) is 0 Å². The highest BCUT2D eigenvalue weighted by Crippen LogP contribution is 2.54. The zero-order valence-corrected chi connectivity index (χ0v) is 35.0. The van der Waals surface area contributed by atoms with Gasteiger partial charge in [-0.15, -0.1) is 0 Å². The summed E-state index contributed by atoms with van der Waals surface area (Å²) >= 11 is 0. The molecule has 1 aliphatic carbocycles. The van der Waals surface area contributed by atoms with E-state index >= 15 is 0 Å². The van der Waals surface area contributed by atoms with Crippen LogP contribution in [0.5, 0.6) is 0 Å². The molecule has 0 saturated carbocycles. The molecule has 1 heteroatoms. The number of rotatable bonds is 8. The summed E-state index contributed by atoms with van der Waals surface area (Å²) in [6.07, 6.45) is 0. The second-order valence-electron chi connectivity index (χ2n) is 16.8. The lowest BCUT2D eigenvalue weighted by Crippen LogP contribution is -2.16. The molecule has 10 aromatic rings. The van der Waals surface area contributed by atoms with Crippen LogP contribution in [0, 0.1) is 0 Å². The molecule has 0 spiro atoms. The molecule has 0 heterocycles. The molecular weight excluding hydrogens is 759 g/mol. The Morgan fingerprint density at radius 1 is 0.286 bits per heavy atom. The molecule has 10 aromatic carbocycles. The van der Waals surface area contributed by atoms with Gasteiger partial charge in [-0.05, 0) is 137 Å². The van der Waals surface area contributed by atoms with Crippen LogP contribution in [-0.4, -0.2) is 0 Å². The fraction of sp³-hybridized carbons (Fsp3) is 0.0645. The smallest absolute Gasteiger partial charge is 0.0465 e. The third-order valence-electron chi connectivity index (χ3n) is 12.8. The van der Waals surface area contributed by atoms with E-state index in [1.165, 1.54) is 88.7 Å². The van der Waals surface area contributed by atoms with Crippen LogP contribution in [-0.2, 0) is 5.41 Å². The Hall–Kier alpha value is -7.74. The average Bonchev–Trinajstić information content (AvgIpc) is 3.57. The molecule has 0 radical (unpaired) electrons. The Morgan fingerprint density at radius 3 is 1.13 bits per heavy atom. The highest BCUT2D eigenvalue weighted by molar-refractivity contribution is 6.19. The zero-order valence-electron chi connectivity index (χ0n) is 35.0. The summed E-state index contributed by atoms with van der Waals surface area (Å²) in [5, 5.41) is 2.47. The molecule has 0 amide bonds. The lowest BCUT2D eigenvalue weighted by Gasteiger charge is -2.28. The van der Waals surface area contributed by atoms with E-state index < -0.39 is 0 Å². The Bertz CT molecular complexity index is 3170. The fourth-order valence-electron chi connectivity index (χ4n) is 9.91. The van der Waals surface area contributed by atoms with Gasteiger partial charge < -0.3 is 4.90 Å². The van der Waals surface area contributed by atoms with Crippen LogP contribution in [0.3, 0.4) is 0 Å². The number of para-hydroxylation sites is 2. The van der Waals surface area contributed by atoms with Crippen LogP contribution in [0.25, 0.3) is 77.5 Å². The first-order chi connectivity index (χ1) is 30.5. The number of hydrogen-bond donors (Lipinski definition) is 0. The summed E-state index contributed by atoms with van der Waals surface area (Å²) in [5.74, 6) is 0. The third-order valence-corrected chi connectivity index (χ3v) is 12.8. The molecule has 0 saturated heterocycles. The molecule has 0 aromatic heterocycles. The molecule has 0 N–H and O–H groups in total. The molecule has 63 heavy (non-hydrogen) atoms. The standard InChI is InChI=1S/C61H45N.CH4/c1-61(2)55-40-47(33-36-51(55)52-38-35-50(41-56(52)61)62(48-29-17-7-18-30-48)49-31-19-8-20-32-49)46-34-37-53-54(39-46)58(43-23-11-4-12-24-43)60(45-27-15-6-16-28-45)59(44-25-13-5-14-26-44)57(53)42-21-9-3-10-22-42;/h3-41H,1-2H3;1H4. The fourth-order valence-corrected chi connectivity index (χ4v) is 9.91. The first-order valence-corrected chi connectivity index (χ1v) is 21.6. The third kappa shape index (κ3) is 6.83. The van der Waals surface area contributed by atoms with Crippen molar-refractivity contribution in [2.45, 2.75) is 26.7 Å². The predicted molar refractivity (Wildman–Crippen MR) is 270 cm³/mol. The average molecular weight is 808 g/mol. The highest BCUT2D eigenvalue weighted by atomic mass is 15.1. The van der Waals surface area contributed by atoms with E-state index in [0.29, 0.717) is 0 Å². The SMILES string of the molecule is C.CC1(C)c2cc(-c3ccc4c(-c5ccccc5)c(-c5ccccc5)c(-c5ccccc5)c(-c5ccccc5)c4c3)ccc2-c2ccc(N(c3ccccc3)c3ccccc3)cc21. The second-order valence-corrected chi connectivity index (χ2v) is 16.8. The Morgan fingerprint density at radius 2 is 0.651 bits per heavy atom. The van der Waals surface area contributed by atoms with Gasteiger partial charge in [-0.3, -0.25) is 0 Å². The lowest BCUT2D eigenvalue weighted by atomic mass is 9.78. The minimum atomic E-state index is -0.215. The minimum absolute atomic E-state index is 0. The Labute approximate surface area is 372 Å². The van der Waals surface area contributed by atoms with Crippen molar-refractivity contribution in [3.05, 3.63) is 248 Å². The van der Waals surface area contributed by atoms with Crippen LogP contribution < -0.4 is 4.90 Å². The second kappa shape index (κ2) is 16.3. The number of anilines is 3. The Kier molecular flexibility index (Phi) is 10.2. The first kappa shape index (κ1) is 39.4. The maximum atomic E-state index is 2.46. The monoisotopic (exact) mass is 807 g/mol. The summed E-state index contributed by atoms with van der Waals surface area (Å²) in [6.45, 7) is 4.77. The molecule has 0 fully saturated rings.